The van der Waals surface area contributed by atoms with Crippen molar-refractivity contribution in [1.82, 2.24) is 4.98 Å². The molecule has 0 bridgehead atoms. The number of pyridine rings is 1. The van der Waals surface area contributed by atoms with Gasteiger partial charge >= 0.3 is 0 Å². The number of halogens is 2. The fraction of sp³-hybridized carbons (Fsp3) is 0.219. The molecule has 5 rings (SSSR count). The number of carbonyl (C=O) groups is 2. The zero-order valence-electron chi connectivity index (χ0n) is 23.8. The fourth-order valence-corrected chi connectivity index (χ4v) is 4.72. The molecule has 11 heteroatoms. The highest BCUT2D eigenvalue weighted by Gasteiger charge is 2.29. The lowest BCUT2D eigenvalue weighted by Crippen LogP contribution is -2.33. The average molecular weight is 589 g/mol. The third-order valence-corrected chi connectivity index (χ3v) is 7.16. The number of nitrogens with one attached hydrogen (secondary N) is 3. The molecule has 1 amide bonds. The molecule has 43 heavy (non-hydrogen) atoms. The molecular weight excluding hydrogens is 558 g/mol. The van der Waals surface area contributed by atoms with Crippen LogP contribution < -0.4 is 25.4 Å². The van der Waals surface area contributed by atoms with Crippen LogP contribution in [0.4, 0.5) is 31.7 Å². The summed E-state index contributed by atoms with van der Waals surface area (Å²) < 4.78 is 45.9. The van der Waals surface area contributed by atoms with E-state index in [0.717, 1.165) is 11.6 Å². The summed E-state index contributed by atoms with van der Waals surface area (Å²) in [5.41, 5.74) is 1.72. The Morgan fingerprint density at radius 1 is 1.05 bits per heavy atom. The zero-order valence-corrected chi connectivity index (χ0v) is 23.8. The van der Waals surface area contributed by atoms with Crippen molar-refractivity contribution in [3.05, 3.63) is 89.6 Å². The van der Waals surface area contributed by atoms with Gasteiger partial charge in [-0.25, -0.2) is 13.8 Å². The summed E-state index contributed by atoms with van der Waals surface area (Å²) in [5, 5.41) is 10.6. The number of nitrogens with zero attached hydrogens (tertiary/aromatic N) is 1. The number of benzene rings is 3. The molecule has 1 aliphatic heterocycles. The van der Waals surface area contributed by atoms with Crippen molar-refractivity contribution in [2.24, 2.45) is 5.92 Å². The van der Waals surface area contributed by atoms with E-state index in [2.05, 4.69) is 27.5 Å². The summed E-state index contributed by atoms with van der Waals surface area (Å²) in [4.78, 5) is 30.2. The predicted octanol–water partition coefficient (Wildman–Crippen LogP) is 6.00. The third-order valence-electron chi connectivity index (χ3n) is 7.16. The Labute approximate surface area is 246 Å². The van der Waals surface area contributed by atoms with E-state index in [0.29, 0.717) is 53.4 Å². The highest BCUT2D eigenvalue weighted by molar-refractivity contribution is 6.15. The van der Waals surface area contributed by atoms with Crippen molar-refractivity contribution in [2.75, 3.05) is 49.9 Å². The Hall–Kier alpha value is -5.03. The first kappa shape index (κ1) is 29.5. The lowest BCUT2D eigenvalue weighted by atomic mass is 9.96. The number of ketones is 1. The highest BCUT2D eigenvalue weighted by atomic mass is 19.1. The maximum absolute atomic E-state index is 15.3. The van der Waals surface area contributed by atoms with Gasteiger partial charge < -0.3 is 30.2 Å². The Morgan fingerprint density at radius 3 is 2.40 bits per heavy atom. The number of para-hydroxylation sites is 1. The number of anilines is 4. The van der Waals surface area contributed by atoms with Gasteiger partial charge in [0.25, 0.3) is 0 Å². The van der Waals surface area contributed by atoms with E-state index < -0.39 is 23.0 Å². The van der Waals surface area contributed by atoms with E-state index in [-0.39, 0.29) is 28.9 Å². The molecule has 1 fully saturated rings. The summed E-state index contributed by atoms with van der Waals surface area (Å²) in [5.74, 6) is -3.43. The van der Waals surface area contributed by atoms with Crippen LogP contribution in [0.15, 0.2) is 61.3 Å². The quantitative estimate of drug-likeness (QED) is 0.145. The van der Waals surface area contributed by atoms with Gasteiger partial charge in [-0.1, -0.05) is 18.7 Å². The van der Waals surface area contributed by atoms with E-state index >= 15 is 8.78 Å². The molecule has 0 unspecified atom stereocenters. The first-order valence-electron chi connectivity index (χ1n) is 13.4. The number of carbonyl (C=O) groups excluding carboxylic acids is 2. The summed E-state index contributed by atoms with van der Waals surface area (Å²) in [6.45, 7) is 7.02. The van der Waals surface area contributed by atoms with Gasteiger partial charge in [-0.05, 0) is 48.2 Å². The Balaban J connectivity index is 1.57. The molecule has 1 aromatic heterocycles. The van der Waals surface area contributed by atoms with Gasteiger partial charge in [-0.3, -0.25) is 9.59 Å². The molecule has 0 atom stereocenters. The molecular formula is C32H30F2N4O5. The molecule has 1 saturated heterocycles. The van der Waals surface area contributed by atoms with Gasteiger partial charge in [0, 0.05) is 41.4 Å². The molecule has 222 valence electrons. The van der Waals surface area contributed by atoms with E-state index in [4.69, 9.17) is 14.2 Å². The summed E-state index contributed by atoms with van der Waals surface area (Å²) in [6, 6.07) is 11.6. The number of rotatable bonds is 11. The van der Waals surface area contributed by atoms with Gasteiger partial charge in [0.15, 0.2) is 23.1 Å². The number of aryl methyl sites for hydroxylation is 1. The summed E-state index contributed by atoms with van der Waals surface area (Å²) >= 11 is 0. The molecule has 0 spiro atoms. The summed E-state index contributed by atoms with van der Waals surface area (Å²) in [7, 11) is 2.44. The molecule has 0 aliphatic carbocycles. The van der Waals surface area contributed by atoms with Gasteiger partial charge in [-0.2, -0.15) is 0 Å². The van der Waals surface area contributed by atoms with Crippen molar-refractivity contribution in [3.8, 4) is 11.5 Å². The van der Waals surface area contributed by atoms with Crippen molar-refractivity contribution >= 4 is 45.3 Å². The van der Waals surface area contributed by atoms with Crippen LogP contribution in [-0.2, 0) is 9.53 Å². The first-order chi connectivity index (χ1) is 20.7. The molecule has 3 N–H and O–H groups in total. The Kier molecular flexibility index (Phi) is 8.53. The van der Waals surface area contributed by atoms with Gasteiger partial charge in [0.05, 0.1) is 38.8 Å². The van der Waals surface area contributed by atoms with Crippen LogP contribution in [0.3, 0.4) is 0 Å². The largest absolute Gasteiger partial charge is 0.494 e. The van der Waals surface area contributed by atoms with Gasteiger partial charge in [-0.15, -0.1) is 0 Å². The number of hydrogen-bond donors (Lipinski definition) is 3. The monoisotopic (exact) mass is 588 g/mol. The number of hydrogen-bond acceptors (Lipinski definition) is 8. The van der Waals surface area contributed by atoms with Crippen LogP contribution in [0, 0.1) is 24.5 Å². The number of aromatic nitrogens is 1. The highest BCUT2D eigenvalue weighted by Crippen LogP contribution is 2.36. The second-order valence-electron chi connectivity index (χ2n) is 10.0. The topological polar surface area (TPSA) is 111 Å². The molecule has 4 aromatic rings. The molecule has 2 heterocycles. The normalized spacial score (nSPS) is 12.8. The lowest BCUT2D eigenvalue weighted by molar-refractivity contribution is -0.111. The standard InChI is InChI=1S/C32H30F2N4O5/c1-5-27(39)37-22-8-6-7-17(2)31(22)38-26-11-19-10-23(35-13-18-15-43-16-18)21(9-20(19)14-36-26)32(40)28-29(33)24(41-3)12-25(42-4)30(28)34/h5-12,14,18,35H,1,13,15-16H2,2-4H3,(H,36,38)(H,37,39). The molecule has 0 saturated carbocycles. The van der Waals surface area contributed by atoms with Crippen LogP contribution in [0.1, 0.15) is 21.5 Å². The van der Waals surface area contributed by atoms with Crippen LogP contribution in [0.25, 0.3) is 10.8 Å². The Morgan fingerprint density at radius 2 is 1.77 bits per heavy atom. The van der Waals surface area contributed by atoms with Crippen LogP contribution in [-0.4, -0.2) is 50.7 Å². The van der Waals surface area contributed by atoms with Crippen molar-refractivity contribution in [1.29, 1.82) is 0 Å². The first-order valence-corrected chi connectivity index (χ1v) is 13.4. The predicted molar refractivity (Wildman–Crippen MR) is 161 cm³/mol. The van der Waals surface area contributed by atoms with Crippen LogP contribution >= 0.6 is 0 Å². The minimum Gasteiger partial charge on any atom is -0.494 e. The lowest BCUT2D eigenvalue weighted by Gasteiger charge is -2.27. The Bertz CT molecular complexity index is 1710. The molecule has 9 nitrogen and oxygen atoms in total. The molecule has 1 aliphatic rings. The minimum absolute atomic E-state index is 0.0525. The molecule has 3 aromatic carbocycles. The van der Waals surface area contributed by atoms with Gasteiger partial charge in [0.1, 0.15) is 11.4 Å². The average Bonchev–Trinajstić information content (AvgIpc) is 2.97. The van der Waals surface area contributed by atoms with Crippen molar-refractivity contribution < 1.29 is 32.6 Å². The number of ether oxygens (including phenoxy) is 3. The maximum Gasteiger partial charge on any atom is 0.247 e. The van der Waals surface area contributed by atoms with Crippen molar-refractivity contribution in [2.45, 2.75) is 6.92 Å². The smallest absolute Gasteiger partial charge is 0.247 e. The number of fused-ring (bicyclic) bond motifs is 1. The number of amides is 1. The fourth-order valence-electron chi connectivity index (χ4n) is 4.72. The minimum atomic E-state index is -1.13. The SMILES string of the molecule is C=CC(=O)Nc1cccc(C)c1Nc1cc2cc(NCC3COC3)c(C(=O)c3c(F)c(OC)cc(OC)c3F)cc2cn1. The van der Waals surface area contributed by atoms with Crippen molar-refractivity contribution in [3.63, 3.8) is 0 Å². The number of methoxy groups -OCH3 is 2. The maximum atomic E-state index is 15.3. The van der Waals surface area contributed by atoms with E-state index in [1.807, 2.05) is 19.1 Å². The van der Waals surface area contributed by atoms with E-state index in [1.165, 1.54) is 20.3 Å². The zero-order chi connectivity index (χ0) is 30.7. The molecule has 0 radical (unpaired) electrons. The third kappa shape index (κ3) is 5.98. The summed E-state index contributed by atoms with van der Waals surface area (Å²) in [6.07, 6.45) is 2.74. The second-order valence-corrected chi connectivity index (χ2v) is 10.0. The van der Waals surface area contributed by atoms with Crippen LogP contribution in [0.2, 0.25) is 0 Å². The van der Waals surface area contributed by atoms with E-state index in [1.54, 1.807) is 30.5 Å². The van der Waals surface area contributed by atoms with E-state index in [9.17, 15) is 9.59 Å². The van der Waals surface area contributed by atoms with Crippen LogP contribution in [0.5, 0.6) is 11.5 Å². The van der Waals surface area contributed by atoms with Gasteiger partial charge in [0.2, 0.25) is 11.7 Å². The second kappa shape index (κ2) is 12.5.